The fourth-order valence-corrected chi connectivity index (χ4v) is 2.53. The molecule has 17 heavy (non-hydrogen) atoms. The van der Waals surface area contributed by atoms with E-state index >= 15 is 0 Å². The molecule has 0 spiro atoms. The quantitative estimate of drug-likeness (QED) is 0.811. The van der Waals surface area contributed by atoms with E-state index in [9.17, 15) is 0 Å². The van der Waals surface area contributed by atoms with Gasteiger partial charge in [0, 0.05) is 25.7 Å². The summed E-state index contributed by atoms with van der Waals surface area (Å²) in [7, 11) is 0. The summed E-state index contributed by atoms with van der Waals surface area (Å²) in [5.74, 6) is 0. The Morgan fingerprint density at radius 3 is 2.35 bits per heavy atom. The van der Waals surface area contributed by atoms with Gasteiger partial charge in [0.1, 0.15) is 0 Å². The van der Waals surface area contributed by atoms with Gasteiger partial charge < -0.3 is 5.32 Å². The molecule has 1 aromatic carbocycles. The summed E-state index contributed by atoms with van der Waals surface area (Å²) in [6.07, 6.45) is 2.43. The van der Waals surface area contributed by atoms with Crippen LogP contribution in [0.15, 0.2) is 24.3 Å². The summed E-state index contributed by atoms with van der Waals surface area (Å²) >= 11 is 0. The number of fused-ring (bicyclic) bond motifs is 1. The van der Waals surface area contributed by atoms with Crippen molar-refractivity contribution in [2.45, 2.75) is 45.8 Å². The number of nitrogens with zero attached hydrogens (tertiary/aromatic N) is 1. The second-order valence-electron chi connectivity index (χ2n) is 5.00. The van der Waals surface area contributed by atoms with E-state index in [0.717, 1.165) is 19.6 Å². The third kappa shape index (κ3) is 3.30. The smallest absolute Gasteiger partial charge is 0.0241 e. The van der Waals surface area contributed by atoms with Crippen molar-refractivity contribution >= 4 is 0 Å². The molecular formula is C15H24N2. The molecule has 0 amide bonds. The predicted molar refractivity (Wildman–Crippen MR) is 72.9 cm³/mol. The van der Waals surface area contributed by atoms with Crippen molar-refractivity contribution in [3.63, 3.8) is 0 Å². The van der Waals surface area contributed by atoms with E-state index < -0.39 is 0 Å². The van der Waals surface area contributed by atoms with Gasteiger partial charge in [0.05, 0.1) is 0 Å². The SMILES string of the molecule is CCCNC(CC)CN1Cc2ccccc2C1. The Kier molecular flexibility index (Phi) is 4.57. The number of hydrogen-bond acceptors (Lipinski definition) is 2. The fraction of sp³-hybridized carbons (Fsp3) is 0.600. The van der Waals surface area contributed by atoms with E-state index in [0.29, 0.717) is 6.04 Å². The topological polar surface area (TPSA) is 15.3 Å². The maximum atomic E-state index is 3.63. The van der Waals surface area contributed by atoms with Crippen LogP contribution >= 0.6 is 0 Å². The number of hydrogen-bond donors (Lipinski definition) is 1. The van der Waals surface area contributed by atoms with Crippen molar-refractivity contribution in [3.05, 3.63) is 35.4 Å². The van der Waals surface area contributed by atoms with Crippen LogP contribution in [0.3, 0.4) is 0 Å². The zero-order valence-electron chi connectivity index (χ0n) is 11.1. The molecule has 1 heterocycles. The molecule has 1 unspecified atom stereocenters. The minimum Gasteiger partial charge on any atom is -0.313 e. The van der Waals surface area contributed by atoms with Crippen molar-refractivity contribution in [2.75, 3.05) is 13.1 Å². The normalized spacial score (nSPS) is 17.1. The van der Waals surface area contributed by atoms with Crippen LogP contribution in [-0.2, 0) is 13.1 Å². The lowest BCUT2D eigenvalue weighted by molar-refractivity contribution is 0.244. The molecule has 1 aromatic rings. The highest BCUT2D eigenvalue weighted by atomic mass is 15.2. The van der Waals surface area contributed by atoms with Crippen LogP contribution in [0.5, 0.6) is 0 Å². The van der Waals surface area contributed by atoms with Crippen molar-refractivity contribution in [3.8, 4) is 0 Å². The Hall–Kier alpha value is -0.860. The Labute approximate surface area is 105 Å². The first-order valence-corrected chi connectivity index (χ1v) is 6.86. The molecule has 1 N–H and O–H groups in total. The van der Waals surface area contributed by atoms with E-state index in [-0.39, 0.29) is 0 Å². The average Bonchev–Trinajstić information content (AvgIpc) is 2.76. The van der Waals surface area contributed by atoms with Crippen LogP contribution in [0, 0.1) is 0 Å². The first-order chi connectivity index (χ1) is 8.33. The number of benzene rings is 1. The predicted octanol–water partition coefficient (Wildman–Crippen LogP) is 2.78. The molecule has 2 nitrogen and oxygen atoms in total. The zero-order chi connectivity index (χ0) is 12.1. The van der Waals surface area contributed by atoms with Gasteiger partial charge in [-0.25, -0.2) is 0 Å². The maximum absolute atomic E-state index is 3.63. The lowest BCUT2D eigenvalue weighted by atomic mass is 10.1. The Balaban J connectivity index is 1.85. The minimum atomic E-state index is 0.643. The molecule has 1 aliphatic rings. The van der Waals surface area contributed by atoms with Gasteiger partial charge in [0.2, 0.25) is 0 Å². The molecule has 0 saturated heterocycles. The third-order valence-electron chi connectivity index (χ3n) is 3.56. The van der Waals surface area contributed by atoms with Crippen LogP contribution < -0.4 is 5.32 Å². The van der Waals surface area contributed by atoms with Crippen molar-refractivity contribution in [2.24, 2.45) is 0 Å². The van der Waals surface area contributed by atoms with Gasteiger partial charge in [-0.3, -0.25) is 4.90 Å². The van der Waals surface area contributed by atoms with Gasteiger partial charge in [-0.15, -0.1) is 0 Å². The number of nitrogens with one attached hydrogen (secondary N) is 1. The third-order valence-corrected chi connectivity index (χ3v) is 3.56. The Bertz CT molecular complexity index is 324. The van der Waals surface area contributed by atoms with Gasteiger partial charge in [0.15, 0.2) is 0 Å². The monoisotopic (exact) mass is 232 g/mol. The van der Waals surface area contributed by atoms with Gasteiger partial charge >= 0.3 is 0 Å². The van der Waals surface area contributed by atoms with Gasteiger partial charge in [-0.05, 0) is 30.5 Å². The Morgan fingerprint density at radius 2 is 1.82 bits per heavy atom. The first-order valence-electron chi connectivity index (χ1n) is 6.86. The van der Waals surface area contributed by atoms with Crippen molar-refractivity contribution < 1.29 is 0 Å². The second-order valence-corrected chi connectivity index (χ2v) is 5.00. The molecule has 0 fully saturated rings. The highest BCUT2D eigenvalue weighted by Gasteiger charge is 2.20. The largest absolute Gasteiger partial charge is 0.313 e. The van der Waals surface area contributed by atoms with E-state index in [4.69, 9.17) is 0 Å². The molecule has 1 atom stereocenters. The summed E-state index contributed by atoms with van der Waals surface area (Å²) in [6.45, 7) is 9.06. The van der Waals surface area contributed by atoms with Crippen LogP contribution in [0.25, 0.3) is 0 Å². The molecule has 94 valence electrons. The number of rotatable bonds is 6. The maximum Gasteiger partial charge on any atom is 0.0241 e. The lowest BCUT2D eigenvalue weighted by Crippen LogP contribution is -2.39. The molecule has 1 aliphatic heterocycles. The van der Waals surface area contributed by atoms with E-state index in [2.05, 4.69) is 48.3 Å². The highest BCUT2D eigenvalue weighted by Crippen LogP contribution is 2.22. The second kappa shape index (κ2) is 6.18. The van der Waals surface area contributed by atoms with Crippen molar-refractivity contribution in [1.29, 1.82) is 0 Å². The average molecular weight is 232 g/mol. The van der Waals surface area contributed by atoms with Crippen LogP contribution in [0.4, 0.5) is 0 Å². The minimum absolute atomic E-state index is 0.643. The van der Waals surface area contributed by atoms with Gasteiger partial charge in [-0.1, -0.05) is 38.1 Å². The van der Waals surface area contributed by atoms with E-state index in [1.165, 1.54) is 30.5 Å². The van der Waals surface area contributed by atoms with Crippen molar-refractivity contribution in [1.82, 2.24) is 10.2 Å². The zero-order valence-corrected chi connectivity index (χ0v) is 11.1. The summed E-state index contributed by atoms with van der Waals surface area (Å²) < 4.78 is 0. The van der Waals surface area contributed by atoms with Gasteiger partial charge in [0.25, 0.3) is 0 Å². The van der Waals surface area contributed by atoms with Gasteiger partial charge in [-0.2, -0.15) is 0 Å². The summed E-state index contributed by atoms with van der Waals surface area (Å²) in [5.41, 5.74) is 3.02. The molecule has 2 rings (SSSR count). The highest BCUT2D eigenvalue weighted by molar-refractivity contribution is 5.30. The van der Waals surface area contributed by atoms with Crippen LogP contribution in [0.2, 0.25) is 0 Å². The standard InChI is InChI=1S/C15H24N2/c1-3-9-16-15(4-2)12-17-10-13-7-5-6-8-14(13)11-17/h5-8,15-16H,3-4,9-12H2,1-2H3. The summed E-state index contributed by atoms with van der Waals surface area (Å²) in [6, 6.07) is 9.46. The molecular weight excluding hydrogens is 208 g/mol. The van der Waals surface area contributed by atoms with Crippen LogP contribution in [0.1, 0.15) is 37.8 Å². The molecule has 0 aliphatic carbocycles. The van der Waals surface area contributed by atoms with E-state index in [1.807, 2.05) is 0 Å². The molecule has 0 radical (unpaired) electrons. The Morgan fingerprint density at radius 1 is 1.18 bits per heavy atom. The first kappa shape index (κ1) is 12.6. The molecule has 0 saturated carbocycles. The molecule has 0 aromatic heterocycles. The lowest BCUT2D eigenvalue weighted by Gasteiger charge is -2.23. The molecule has 0 bridgehead atoms. The summed E-state index contributed by atoms with van der Waals surface area (Å²) in [5, 5.41) is 3.63. The molecule has 2 heteroatoms. The summed E-state index contributed by atoms with van der Waals surface area (Å²) in [4.78, 5) is 2.56. The van der Waals surface area contributed by atoms with Crippen LogP contribution in [-0.4, -0.2) is 24.0 Å². The van der Waals surface area contributed by atoms with E-state index in [1.54, 1.807) is 0 Å². The fourth-order valence-electron chi connectivity index (χ4n) is 2.53.